The second-order valence-electron chi connectivity index (χ2n) is 4.51. The summed E-state index contributed by atoms with van der Waals surface area (Å²) < 4.78 is 40.0. The molecule has 1 atom stereocenters. The number of imidazole rings is 1. The molecule has 0 bridgehead atoms. The maximum Gasteiger partial charge on any atom is 0.573 e. The first-order chi connectivity index (χ1) is 9.98. The summed E-state index contributed by atoms with van der Waals surface area (Å²) in [4.78, 5) is 7.23. The fraction of sp³-hybridized carbons (Fsp3) is 0.357. The number of nitrogens with zero attached hydrogens (tertiary/aromatic N) is 1. The standard InChI is InChI=1S/C14H16F3N3O/c1-2-12(13-18-7-8-19-13)20-9-10-3-5-11(6-4-10)21-14(15,16)17/h3-8,12,20H,2,9H2,1H3,(H,18,19). The molecule has 2 aromatic rings. The Bertz CT molecular complexity index is 538. The Balaban J connectivity index is 1.91. The Morgan fingerprint density at radius 3 is 2.52 bits per heavy atom. The lowest BCUT2D eigenvalue weighted by atomic mass is 10.1. The third-order valence-electron chi connectivity index (χ3n) is 2.97. The van der Waals surface area contributed by atoms with Crippen molar-refractivity contribution in [2.24, 2.45) is 0 Å². The van der Waals surface area contributed by atoms with E-state index in [1.54, 1.807) is 24.5 Å². The first-order valence-electron chi connectivity index (χ1n) is 6.55. The number of benzene rings is 1. The number of halogens is 3. The minimum atomic E-state index is -4.66. The molecule has 0 amide bonds. The van der Waals surface area contributed by atoms with Crippen LogP contribution in [-0.4, -0.2) is 16.3 Å². The Kier molecular flexibility index (Phi) is 4.85. The number of rotatable bonds is 6. The van der Waals surface area contributed by atoms with Crippen LogP contribution in [0.25, 0.3) is 0 Å². The lowest BCUT2D eigenvalue weighted by molar-refractivity contribution is -0.274. The highest BCUT2D eigenvalue weighted by Crippen LogP contribution is 2.23. The van der Waals surface area contributed by atoms with E-state index < -0.39 is 6.36 Å². The van der Waals surface area contributed by atoms with Crippen LogP contribution < -0.4 is 10.1 Å². The van der Waals surface area contributed by atoms with Gasteiger partial charge in [0.15, 0.2) is 0 Å². The maximum atomic E-state index is 12.1. The largest absolute Gasteiger partial charge is 0.573 e. The van der Waals surface area contributed by atoms with Crippen LogP contribution in [0, 0.1) is 0 Å². The van der Waals surface area contributed by atoms with Crippen molar-refractivity contribution in [3.63, 3.8) is 0 Å². The van der Waals surface area contributed by atoms with Crippen molar-refractivity contribution in [2.75, 3.05) is 0 Å². The molecule has 114 valence electrons. The van der Waals surface area contributed by atoms with Crippen molar-refractivity contribution >= 4 is 0 Å². The van der Waals surface area contributed by atoms with Crippen LogP contribution in [0.4, 0.5) is 13.2 Å². The molecule has 0 saturated heterocycles. The van der Waals surface area contributed by atoms with Crippen molar-refractivity contribution in [3.8, 4) is 5.75 Å². The molecule has 0 radical (unpaired) electrons. The van der Waals surface area contributed by atoms with Gasteiger partial charge in [-0.3, -0.25) is 0 Å². The van der Waals surface area contributed by atoms with Gasteiger partial charge in [0.25, 0.3) is 0 Å². The summed E-state index contributed by atoms with van der Waals surface area (Å²) in [6.45, 7) is 2.56. The molecule has 0 aliphatic carbocycles. The van der Waals surface area contributed by atoms with E-state index in [1.165, 1.54) is 12.1 Å². The Hall–Kier alpha value is -2.02. The summed E-state index contributed by atoms with van der Waals surface area (Å²) in [6, 6.07) is 5.88. The van der Waals surface area contributed by atoms with Crippen LogP contribution in [0.3, 0.4) is 0 Å². The predicted molar refractivity (Wildman–Crippen MR) is 71.6 cm³/mol. The molecule has 1 heterocycles. The number of aromatic amines is 1. The monoisotopic (exact) mass is 299 g/mol. The van der Waals surface area contributed by atoms with Gasteiger partial charge in [-0.25, -0.2) is 4.98 Å². The molecule has 21 heavy (non-hydrogen) atoms. The van der Waals surface area contributed by atoms with E-state index >= 15 is 0 Å². The Morgan fingerprint density at radius 2 is 2.00 bits per heavy atom. The second-order valence-corrected chi connectivity index (χ2v) is 4.51. The summed E-state index contributed by atoms with van der Waals surface area (Å²) in [7, 11) is 0. The zero-order valence-corrected chi connectivity index (χ0v) is 11.4. The smallest absolute Gasteiger partial charge is 0.406 e. The van der Waals surface area contributed by atoms with Gasteiger partial charge >= 0.3 is 6.36 Å². The van der Waals surface area contributed by atoms with Gasteiger partial charge in [-0.1, -0.05) is 19.1 Å². The molecule has 0 aliphatic heterocycles. The van der Waals surface area contributed by atoms with Crippen LogP contribution >= 0.6 is 0 Å². The van der Waals surface area contributed by atoms with Crippen molar-refractivity contribution in [2.45, 2.75) is 32.3 Å². The van der Waals surface area contributed by atoms with Gasteiger partial charge in [-0.05, 0) is 24.1 Å². The number of hydrogen-bond acceptors (Lipinski definition) is 3. The molecule has 2 N–H and O–H groups in total. The number of hydrogen-bond donors (Lipinski definition) is 2. The van der Waals surface area contributed by atoms with Gasteiger partial charge in [0.05, 0.1) is 6.04 Å². The molecule has 1 aromatic carbocycles. The first kappa shape index (κ1) is 15.4. The van der Waals surface area contributed by atoms with Crippen LogP contribution in [0.15, 0.2) is 36.7 Å². The van der Waals surface area contributed by atoms with E-state index in [0.717, 1.165) is 17.8 Å². The number of aromatic nitrogens is 2. The molecule has 2 rings (SSSR count). The highest BCUT2D eigenvalue weighted by Gasteiger charge is 2.30. The average Bonchev–Trinajstić information content (AvgIpc) is 2.94. The van der Waals surface area contributed by atoms with Gasteiger partial charge in [0.1, 0.15) is 11.6 Å². The number of alkyl halides is 3. The molecule has 0 aliphatic rings. The molecule has 7 heteroatoms. The summed E-state index contributed by atoms with van der Waals surface area (Å²) >= 11 is 0. The highest BCUT2D eigenvalue weighted by molar-refractivity contribution is 5.27. The van der Waals surface area contributed by atoms with Crippen molar-refractivity contribution in [1.29, 1.82) is 0 Å². The number of ether oxygens (including phenoxy) is 1. The summed E-state index contributed by atoms with van der Waals surface area (Å²) in [5.74, 6) is 0.624. The minimum absolute atomic E-state index is 0.0751. The minimum Gasteiger partial charge on any atom is -0.406 e. The SMILES string of the molecule is CCC(NCc1ccc(OC(F)(F)F)cc1)c1ncc[nH]1. The van der Waals surface area contributed by atoms with Gasteiger partial charge in [-0.2, -0.15) is 0 Å². The zero-order valence-electron chi connectivity index (χ0n) is 11.4. The fourth-order valence-corrected chi connectivity index (χ4v) is 1.95. The Labute approximate surface area is 120 Å². The average molecular weight is 299 g/mol. The van der Waals surface area contributed by atoms with Crippen LogP contribution in [0.2, 0.25) is 0 Å². The quantitative estimate of drug-likeness (QED) is 0.857. The van der Waals surface area contributed by atoms with Crippen LogP contribution in [-0.2, 0) is 6.54 Å². The molecule has 1 aromatic heterocycles. The zero-order chi connectivity index (χ0) is 15.3. The first-order valence-corrected chi connectivity index (χ1v) is 6.55. The lowest BCUT2D eigenvalue weighted by Crippen LogP contribution is -2.21. The van der Waals surface area contributed by atoms with Crippen molar-refractivity contribution in [1.82, 2.24) is 15.3 Å². The van der Waals surface area contributed by atoms with E-state index in [9.17, 15) is 13.2 Å². The topological polar surface area (TPSA) is 49.9 Å². The van der Waals surface area contributed by atoms with Crippen LogP contribution in [0.1, 0.15) is 30.8 Å². The van der Waals surface area contributed by atoms with Gasteiger partial charge in [0, 0.05) is 18.9 Å². The lowest BCUT2D eigenvalue weighted by Gasteiger charge is -2.15. The summed E-state index contributed by atoms with van der Waals surface area (Å²) in [5.41, 5.74) is 0.870. The molecule has 0 saturated carbocycles. The number of H-pyrrole nitrogens is 1. The van der Waals surface area contributed by atoms with Crippen molar-refractivity contribution < 1.29 is 17.9 Å². The maximum absolute atomic E-state index is 12.1. The van der Waals surface area contributed by atoms with E-state index in [1.807, 2.05) is 6.92 Å². The molecule has 0 spiro atoms. The normalized spacial score (nSPS) is 13.1. The molecular weight excluding hydrogens is 283 g/mol. The van der Waals surface area contributed by atoms with E-state index in [-0.39, 0.29) is 11.8 Å². The van der Waals surface area contributed by atoms with Crippen molar-refractivity contribution in [3.05, 3.63) is 48.0 Å². The third-order valence-corrected chi connectivity index (χ3v) is 2.97. The van der Waals surface area contributed by atoms with E-state index in [2.05, 4.69) is 20.0 Å². The highest BCUT2D eigenvalue weighted by atomic mass is 19.4. The van der Waals surface area contributed by atoms with E-state index in [4.69, 9.17) is 0 Å². The van der Waals surface area contributed by atoms with Crippen LogP contribution in [0.5, 0.6) is 5.75 Å². The molecule has 1 unspecified atom stereocenters. The predicted octanol–water partition coefficient (Wildman–Crippen LogP) is 3.55. The van der Waals surface area contributed by atoms with Gasteiger partial charge in [0.2, 0.25) is 0 Å². The fourth-order valence-electron chi connectivity index (χ4n) is 1.95. The second kappa shape index (κ2) is 6.62. The number of nitrogens with one attached hydrogen (secondary N) is 2. The third kappa shape index (κ3) is 4.78. The van der Waals surface area contributed by atoms with Gasteiger partial charge in [-0.15, -0.1) is 13.2 Å². The summed E-state index contributed by atoms with van der Waals surface area (Å²) in [6.07, 6.45) is -0.374. The molecule has 4 nitrogen and oxygen atoms in total. The summed E-state index contributed by atoms with van der Waals surface area (Å²) in [5, 5.41) is 3.30. The van der Waals surface area contributed by atoms with E-state index in [0.29, 0.717) is 6.54 Å². The Morgan fingerprint density at radius 1 is 1.29 bits per heavy atom. The molecule has 0 fully saturated rings. The van der Waals surface area contributed by atoms with Gasteiger partial charge < -0.3 is 15.0 Å². The molecular formula is C14H16F3N3O.